The summed E-state index contributed by atoms with van der Waals surface area (Å²) in [6.45, 7) is 0. The van der Waals surface area contributed by atoms with Crippen LogP contribution in [0.5, 0.6) is 5.75 Å². The van der Waals surface area contributed by atoms with Gasteiger partial charge in [0.2, 0.25) is 0 Å². The Morgan fingerprint density at radius 1 is 1.07 bits per heavy atom. The number of aromatic hydroxyl groups is 1. The monoisotopic (exact) mass is 187 g/mol. The second-order valence-corrected chi connectivity index (χ2v) is 2.80. The van der Waals surface area contributed by atoms with Gasteiger partial charge in [-0.1, -0.05) is 6.07 Å². The molecule has 1 aromatic carbocycles. The van der Waals surface area contributed by atoms with Crippen LogP contribution in [-0.4, -0.2) is 15.1 Å². The zero-order chi connectivity index (χ0) is 9.80. The van der Waals surface area contributed by atoms with Crippen LogP contribution in [0, 0.1) is 0 Å². The molecule has 2 N–H and O–H groups in total. The van der Waals surface area contributed by atoms with Crippen molar-refractivity contribution in [3.8, 4) is 5.75 Å². The predicted molar refractivity (Wildman–Crippen MR) is 53.4 cm³/mol. The highest BCUT2D eigenvalue weighted by atomic mass is 16.3. The molecule has 0 saturated carbocycles. The Bertz CT molecular complexity index is 417. The number of hydrogen-bond acceptors (Lipinski definition) is 4. The lowest BCUT2D eigenvalue weighted by molar-refractivity contribution is 0.475. The van der Waals surface area contributed by atoms with Crippen molar-refractivity contribution in [2.75, 3.05) is 5.32 Å². The summed E-state index contributed by atoms with van der Waals surface area (Å²) in [6, 6.07) is 6.87. The molecular weight excluding hydrogens is 178 g/mol. The van der Waals surface area contributed by atoms with Crippen LogP contribution in [0.3, 0.4) is 0 Å². The summed E-state index contributed by atoms with van der Waals surface area (Å²) in [4.78, 5) is 7.73. The molecule has 0 aliphatic rings. The number of hydrogen-bond donors (Lipinski definition) is 2. The molecule has 4 heteroatoms. The molecule has 0 aliphatic carbocycles. The lowest BCUT2D eigenvalue weighted by atomic mass is 10.3. The Kier molecular flexibility index (Phi) is 2.27. The second-order valence-electron chi connectivity index (χ2n) is 2.80. The Labute approximate surface area is 81.3 Å². The van der Waals surface area contributed by atoms with Gasteiger partial charge in [0.1, 0.15) is 12.1 Å². The molecule has 2 aromatic rings. The normalized spacial score (nSPS) is 9.71. The summed E-state index contributed by atoms with van der Waals surface area (Å²) in [5.74, 6) is 0.229. The smallest absolute Gasteiger partial charge is 0.117 e. The maximum Gasteiger partial charge on any atom is 0.117 e. The molecule has 0 saturated heterocycles. The molecule has 2 rings (SSSR count). The van der Waals surface area contributed by atoms with Crippen molar-refractivity contribution < 1.29 is 5.11 Å². The van der Waals surface area contributed by atoms with Gasteiger partial charge in [-0.15, -0.1) is 0 Å². The fourth-order valence-corrected chi connectivity index (χ4v) is 1.11. The molecular formula is C10H9N3O. The van der Waals surface area contributed by atoms with E-state index in [1.165, 1.54) is 6.33 Å². The molecule has 70 valence electrons. The Balaban J connectivity index is 2.19. The number of benzene rings is 1. The summed E-state index contributed by atoms with van der Waals surface area (Å²) in [5.41, 5.74) is 1.60. The van der Waals surface area contributed by atoms with Gasteiger partial charge in [-0.05, 0) is 12.1 Å². The van der Waals surface area contributed by atoms with Crippen LogP contribution in [0.2, 0.25) is 0 Å². The second kappa shape index (κ2) is 3.74. The van der Waals surface area contributed by atoms with Crippen LogP contribution < -0.4 is 5.32 Å². The Hall–Kier alpha value is -2.10. The SMILES string of the molecule is Oc1cccc(Nc2cncnc2)c1. The molecule has 0 radical (unpaired) electrons. The first-order valence-corrected chi connectivity index (χ1v) is 4.16. The minimum atomic E-state index is 0.229. The molecule has 1 aromatic heterocycles. The van der Waals surface area contributed by atoms with Gasteiger partial charge in [0.25, 0.3) is 0 Å². The van der Waals surface area contributed by atoms with Crippen molar-refractivity contribution >= 4 is 11.4 Å². The van der Waals surface area contributed by atoms with E-state index >= 15 is 0 Å². The molecule has 0 aliphatic heterocycles. The fraction of sp³-hybridized carbons (Fsp3) is 0. The molecule has 0 spiro atoms. The van der Waals surface area contributed by atoms with Gasteiger partial charge < -0.3 is 10.4 Å². The van der Waals surface area contributed by atoms with Crippen LogP contribution in [0.1, 0.15) is 0 Å². The zero-order valence-electron chi connectivity index (χ0n) is 7.38. The fourth-order valence-electron chi connectivity index (χ4n) is 1.11. The van der Waals surface area contributed by atoms with Gasteiger partial charge in [-0.25, -0.2) is 9.97 Å². The van der Waals surface area contributed by atoms with Crippen LogP contribution in [0.4, 0.5) is 11.4 Å². The van der Waals surface area contributed by atoms with Crippen LogP contribution in [-0.2, 0) is 0 Å². The van der Waals surface area contributed by atoms with Gasteiger partial charge >= 0.3 is 0 Å². The number of phenols is 1. The lowest BCUT2D eigenvalue weighted by Gasteiger charge is -2.04. The first kappa shape index (κ1) is 8.50. The van der Waals surface area contributed by atoms with E-state index < -0.39 is 0 Å². The van der Waals surface area contributed by atoms with Crippen molar-refractivity contribution in [2.45, 2.75) is 0 Å². The highest BCUT2D eigenvalue weighted by Crippen LogP contribution is 2.18. The quantitative estimate of drug-likeness (QED) is 0.754. The van der Waals surface area contributed by atoms with Crippen molar-refractivity contribution in [2.24, 2.45) is 0 Å². The van der Waals surface area contributed by atoms with E-state index in [4.69, 9.17) is 0 Å². The first-order chi connectivity index (χ1) is 6.84. The predicted octanol–water partition coefficient (Wildman–Crippen LogP) is 1.93. The van der Waals surface area contributed by atoms with Crippen LogP contribution in [0.15, 0.2) is 43.0 Å². The van der Waals surface area contributed by atoms with Crippen molar-refractivity contribution in [3.05, 3.63) is 43.0 Å². The highest BCUT2D eigenvalue weighted by molar-refractivity contribution is 5.59. The van der Waals surface area contributed by atoms with Crippen molar-refractivity contribution in [3.63, 3.8) is 0 Å². The van der Waals surface area contributed by atoms with Crippen LogP contribution >= 0.6 is 0 Å². The number of anilines is 2. The van der Waals surface area contributed by atoms with E-state index in [1.807, 2.05) is 6.07 Å². The maximum absolute atomic E-state index is 9.22. The molecule has 14 heavy (non-hydrogen) atoms. The first-order valence-electron chi connectivity index (χ1n) is 4.16. The van der Waals surface area contributed by atoms with Gasteiger partial charge in [0.15, 0.2) is 0 Å². The average molecular weight is 187 g/mol. The van der Waals surface area contributed by atoms with Gasteiger partial charge in [-0.3, -0.25) is 0 Å². The van der Waals surface area contributed by atoms with E-state index in [2.05, 4.69) is 15.3 Å². The summed E-state index contributed by atoms with van der Waals surface area (Å²) in [5, 5.41) is 12.3. The Morgan fingerprint density at radius 2 is 1.86 bits per heavy atom. The minimum absolute atomic E-state index is 0.229. The molecule has 1 heterocycles. The number of aromatic nitrogens is 2. The molecule has 0 atom stereocenters. The van der Waals surface area contributed by atoms with Crippen molar-refractivity contribution in [1.82, 2.24) is 9.97 Å². The molecule has 0 bridgehead atoms. The molecule has 4 nitrogen and oxygen atoms in total. The van der Waals surface area contributed by atoms with E-state index in [0.717, 1.165) is 11.4 Å². The summed E-state index contributed by atoms with van der Waals surface area (Å²) in [7, 11) is 0. The summed E-state index contributed by atoms with van der Waals surface area (Å²) < 4.78 is 0. The Morgan fingerprint density at radius 3 is 2.57 bits per heavy atom. The number of nitrogens with zero attached hydrogens (tertiary/aromatic N) is 2. The summed E-state index contributed by atoms with van der Waals surface area (Å²) >= 11 is 0. The van der Waals surface area contributed by atoms with Gasteiger partial charge in [0, 0.05) is 11.8 Å². The van der Waals surface area contributed by atoms with Gasteiger partial charge in [0.05, 0.1) is 18.1 Å². The van der Waals surface area contributed by atoms with E-state index in [9.17, 15) is 5.11 Å². The van der Waals surface area contributed by atoms with Crippen LogP contribution in [0.25, 0.3) is 0 Å². The lowest BCUT2D eigenvalue weighted by Crippen LogP contribution is -1.90. The minimum Gasteiger partial charge on any atom is -0.508 e. The number of nitrogens with one attached hydrogen (secondary N) is 1. The standard InChI is InChI=1S/C10H9N3O/c14-10-3-1-2-8(4-10)13-9-5-11-7-12-6-9/h1-7,13-14H. The number of phenolic OH excluding ortho intramolecular Hbond substituents is 1. The van der Waals surface area contributed by atoms with E-state index in [0.29, 0.717) is 0 Å². The molecule has 0 fully saturated rings. The highest BCUT2D eigenvalue weighted by Gasteiger charge is 1.94. The largest absolute Gasteiger partial charge is 0.508 e. The average Bonchev–Trinajstić information content (AvgIpc) is 2.19. The molecule has 0 amide bonds. The van der Waals surface area contributed by atoms with Gasteiger partial charge in [-0.2, -0.15) is 0 Å². The maximum atomic E-state index is 9.22. The third-order valence-corrected chi connectivity index (χ3v) is 1.70. The molecule has 0 unspecified atom stereocenters. The third-order valence-electron chi connectivity index (χ3n) is 1.70. The topological polar surface area (TPSA) is 58.0 Å². The van der Waals surface area contributed by atoms with E-state index in [-0.39, 0.29) is 5.75 Å². The van der Waals surface area contributed by atoms with Crippen molar-refractivity contribution in [1.29, 1.82) is 0 Å². The number of rotatable bonds is 2. The zero-order valence-corrected chi connectivity index (χ0v) is 7.38. The van der Waals surface area contributed by atoms with E-state index in [1.54, 1.807) is 30.6 Å². The third kappa shape index (κ3) is 1.98. The summed E-state index contributed by atoms with van der Waals surface area (Å²) in [6.07, 6.45) is 4.79.